The number of halogens is 2. The van der Waals surface area contributed by atoms with E-state index in [1.807, 2.05) is 27.7 Å². The molecule has 0 spiro atoms. The van der Waals surface area contributed by atoms with Crippen molar-refractivity contribution in [1.29, 1.82) is 0 Å². The van der Waals surface area contributed by atoms with E-state index in [1.165, 1.54) is 11.0 Å². The quantitative estimate of drug-likeness (QED) is 0.338. The second-order valence-corrected chi connectivity index (χ2v) is 17.1. The van der Waals surface area contributed by atoms with Crippen LogP contribution in [-0.4, -0.2) is 64.6 Å². The lowest BCUT2D eigenvalue weighted by Gasteiger charge is -2.36. The number of fused-ring (bicyclic) bond motifs is 7. The SMILES string of the molecule is CCC1C2CN(C(=O)C(C(C)(C)C)NC(=O)OC3CC4CC4C3CCCCC(F)(F)c3cc4ccc(OC5CC5)cc4nc3O2)C1C(=O)C(C)C. The highest BCUT2D eigenvalue weighted by atomic mass is 19.3. The first kappa shape index (κ1) is 35.9. The van der Waals surface area contributed by atoms with Gasteiger partial charge in [-0.25, -0.2) is 18.6 Å². The summed E-state index contributed by atoms with van der Waals surface area (Å²) in [5.74, 6) is -3.26. The highest BCUT2D eigenvalue weighted by Crippen LogP contribution is 2.58. The molecule has 1 saturated heterocycles. The van der Waals surface area contributed by atoms with Crippen molar-refractivity contribution in [2.75, 3.05) is 6.54 Å². The van der Waals surface area contributed by atoms with E-state index in [9.17, 15) is 14.4 Å². The number of amides is 2. The van der Waals surface area contributed by atoms with Gasteiger partial charge < -0.3 is 24.4 Å². The molecule has 3 aliphatic carbocycles. The molecule has 2 bridgehead atoms. The van der Waals surface area contributed by atoms with Crippen LogP contribution in [0.5, 0.6) is 11.6 Å². The Morgan fingerprint density at radius 1 is 1.06 bits per heavy atom. The van der Waals surface area contributed by atoms with Gasteiger partial charge in [-0.05, 0) is 86.3 Å². The first-order valence-electron chi connectivity index (χ1n) is 19.1. The van der Waals surface area contributed by atoms with E-state index in [1.54, 1.807) is 32.0 Å². The van der Waals surface area contributed by atoms with Crippen molar-refractivity contribution in [3.8, 4) is 11.6 Å². The standard InChI is InChI=1S/C40H53F2N3O6/c1-7-26-32-20-45(33(26)34(46)21(2)3)37(47)35(39(4,5)6)44-38(48)51-31-18-23-16-28(23)27(31)10-8-9-15-40(41,42)29-17-22-11-12-25(49-24-13-14-24)19-30(22)43-36(29)50-32/h11-12,17,19,21,23-24,26-28,31-33,35H,7-10,13-16,18,20H2,1-6H3,(H,44,48). The monoisotopic (exact) mass is 709 g/mol. The summed E-state index contributed by atoms with van der Waals surface area (Å²) in [7, 11) is 0. The van der Waals surface area contributed by atoms with Crippen LogP contribution in [0.1, 0.15) is 105 Å². The molecule has 1 aromatic heterocycles. The summed E-state index contributed by atoms with van der Waals surface area (Å²) in [5, 5.41) is 3.45. The van der Waals surface area contributed by atoms with Crippen molar-refractivity contribution in [2.24, 2.45) is 35.0 Å². The first-order chi connectivity index (χ1) is 24.1. The number of hydrogen-bond acceptors (Lipinski definition) is 7. The van der Waals surface area contributed by atoms with Crippen LogP contribution >= 0.6 is 0 Å². The van der Waals surface area contributed by atoms with Crippen LogP contribution in [0, 0.1) is 35.0 Å². The van der Waals surface area contributed by atoms with Gasteiger partial charge in [0, 0.05) is 29.7 Å². The summed E-state index contributed by atoms with van der Waals surface area (Å²) in [4.78, 5) is 48.3. The Balaban J connectivity index is 1.30. The Morgan fingerprint density at radius 2 is 1.82 bits per heavy atom. The molecule has 9 nitrogen and oxygen atoms in total. The predicted molar refractivity (Wildman–Crippen MR) is 188 cm³/mol. The fourth-order valence-electron chi connectivity index (χ4n) is 8.81. The highest BCUT2D eigenvalue weighted by molar-refractivity contribution is 5.94. The third-order valence-corrected chi connectivity index (χ3v) is 11.9. The Labute approximate surface area is 299 Å². The number of aromatic nitrogens is 1. The number of rotatable bonds is 5. The Bertz CT molecular complexity index is 1670. The van der Waals surface area contributed by atoms with Gasteiger partial charge in [-0.1, -0.05) is 48.0 Å². The van der Waals surface area contributed by atoms with E-state index in [4.69, 9.17) is 19.2 Å². The molecule has 1 N–H and O–H groups in total. The highest BCUT2D eigenvalue weighted by Gasteiger charge is 2.55. The lowest BCUT2D eigenvalue weighted by Crippen LogP contribution is -2.58. The van der Waals surface area contributed by atoms with Gasteiger partial charge in [-0.15, -0.1) is 0 Å². The molecule has 8 atom stereocenters. The molecule has 8 unspecified atom stereocenters. The molecule has 3 saturated carbocycles. The Hall–Kier alpha value is -3.50. The molecular weight excluding hydrogens is 656 g/mol. The van der Waals surface area contributed by atoms with Crippen LogP contribution in [0.4, 0.5) is 13.6 Å². The molecule has 5 aliphatic rings. The van der Waals surface area contributed by atoms with E-state index >= 15 is 8.78 Å². The van der Waals surface area contributed by atoms with Gasteiger partial charge in [0.25, 0.3) is 5.92 Å². The molecule has 51 heavy (non-hydrogen) atoms. The average molecular weight is 710 g/mol. The van der Waals surface area contributed by atoms with Crippen LogP contribution in [0.15, 0.2) is 24.3 Å². The number of carbonyl (C=O) groups is 3. The molecule has 2 aromatic rings. The number of ketones is 1. The van der Waals surface area contributed by atoms with Crippen molar-refractivity contribution < 1.29 is 37.4 Å². The van der Waals surface area contributed by atoms with E-state index in [0.29, 0.717) is 47.8 Å². The van der Waals surface area contributed by atoms with Gasteiger partial charge in [-0.3, -0.25) is 9.59 Å². The molecule has 3 heterocycles. The number of hydrogen-bond donors (Lipinski definition) is 1. The molecule has 1 aromatic carbocycles. The number of Topliss-reactive ketones (excluding diaryl/α,β-unsaturated/α-hetero) is 1. The largest absolute Gasteiger partial charge is 0.490 e. The molecule has 0 radical (unpaired) electrons. The number of alkyl halides is 2. The zero-order valence-corrected chi connectivity index (χ0v) is 30.8. The third-order valence-electron chi connectivity index (χ3n) is 11.9. The summed E-state index contributed by atoms with van der Waals surface area (Å²) in [5.41, 5.74) is -0.543. The summed E-state index contributed by atoms with van der Waals surface area (Å²) in [6, 6.07) is 4.92. The minimum atomic E-state index is -3.25. The molecule has 2 aliphatic heterocycles. The first-order valence-corrected chi connectivity index (χ1v) is 19.1. The lowest BCUT2D eigenvalue weighted by atomic mass is 9.84. The molecule has 7 rings (SSSR count). The zero-order chi connectivity index (χ0) is 36.4. The predicted octanol–water partition coefficient (Wildman–Crippen LogP) is 7.82. The maximum atomic E-state index is 16.5. The zero-order valence-electron chi connectivity index (χ0n) is 30.8. The van der Waals surface area contributed by atoms with E-state index < -0.39 is 53.4 Å². The lowest BCUT2D eigenvalue weighted by molar-refractivity contribution is -0.143. The van der Waals surface area contributed by atoms with Gasteiger partial charge in [0.2, 0.25) is 11.8 Å². The van der Waals surface area contributed by atoms with Crippen molar-refractivity contribution in [1.82, 2.24) is 15.2 Å². The Morgan fingerprint density at radius 3 is 2.51 bits per heavy atom. The van der Waals surface area contributed by atoms with Crippen LogP contribution in [0.3, 0.4) is 0 Å². The maximum absolute atomic E-state index is 16.5. The van der Waals surface area contributed by atoms with Crippen molar-refractivity contribution in [3.63, 3.8) is 0 Å². The van der Waals surface area contributed by atoms with Crippen LogP contribution in [0.25, 0.3) is 10.9 Å². The summed E-state index contributed by atoms with van der Waals surface area (Å²) >= 11 is 0. The topological polar surface area (TPSA) is 107 Å². The number of nitrogens with zero attached hydrogens (tertiary/aromatic N) is 2. The number of alkyl carbamates (subject to hydrolysis) is 1. The second-order valence-electron chi connectivity index (χ2n) is 17.1. The van der Waals surface area contributed by atoms with Crippen molar-refractivity contribution >= 4 is 28.7 Å². The van der Waals surface area contributed by atoms with Crippen molar-refractivity contribution in [3.05, 3.63) is 29.8 Å². The smallest absolute Gasteiger partial charge is 0.408 e. The number of ether oxygens (including phenoxy) is 3. The van der Waals surface area contributed by atoms with Gasteiger partial charge in [0.05, 0.1) is 29.8 Å². The molecule has 11 heteroatoms. The fraction of sp³-hybridized carbons (Fsp3) is 0.700. The van der Waals surface area contributed by atoms with Gasteiger partial charge in [0.15, 0.2) is 5.78 Å². The van der Waals surface area contributed by atoms with E-state index in [2.05, 4.69) is 5.32 Å². The molecule has 4 fully saturated rings. The number of pyridine rings is 1. The number of benzene rings is 1. The van der Waals surface area contributed by atoms with E-state index in [0.717, 1.165) is 25.7 Å². The second kappa shape index (κ2) is 13.5. The van der Waals surface area contributed by atoms with Crippen LogP contribution in [-0.2, 0) is 20.2 Å². The van der Waals surface area contributed by atoms with Gasteiger partial charge in [0.1, 0.15) is 24.0 Å². The normalized spacial score (nSPS) is 32.5. The summed E-state index contributed by atoms with van der Waals surface area (Å²) < 4.78 is 51.5. The van der Waals surface area contributed by atoms with Crippen LogP contribution in [0.2, 0.25) is 0 Å². The minimum absolute atomic E-state index is 0.0204. The van der Waals surface area contributed by atoms with Gasteiger partial charge >= 0.3 is 6.09 Å². The fourth-order valence-corrected chi connectivity index (χ4v) is 8.81. The van der Waals surface area contributed by atoms with Crippen molar-refractivity contribution in [2.45, 2.75) is 136 Å². The van der Waals surface area contributed by atoms with Gasteiger partial charge in [-0.2, -0.15) is 0 Å². The maximum Gasteiger partial charge on any atom is 0.408 e. The number of nitrogens with one attached hydrogen (secondary N) is 1. The minimum Gasteiger partial charge on any atom is -0.490 e. The third kappa shape index (κ3) is 7.28. The molecule has 2 amide bonds. The van der Waals surface area contributed by atoms with E-state index in [-0.39, 0.29) is 54.7 Å². The van der Waals surface area contributed by atoms with Crippen LogP contribution < -0.4 is 14.8 Å². The Kier molecular flexibility index (Phi) is 9.49. The number of carbonyl (C=O) groups excluding carboxylic acids is 3. The molecular formula is C40H53F2N3O6. The molecule has 278 valence electrons. The summed E-state index contributed by atoms with van der Waals surface area (Å²) in [6.45, 7) is 11.1. The summed E-state index contributed by atoms with van der Waals surface area (Å²) in [6.07, 6.45) is 3.77. The average Bonchev–Trinajstić information content (AvgIpc) is 3.98.